The van der Waals surface area contributed by atoms with Gasteiger partial charge in [-0.3, -0.25) is 4.79 Å². The fourth-order valence-corrected chi connectivity index (χ4v) is 3.49. The van der Waals surface area contributed by atoms with E-state index in [4.69, 9.17) is 4.74 Å². The predicted molar refractivity (Wildman–Crippen MR) is 114 cm³/mol. The number of carboxylic acid groups (broad SMARTS) is 1. The number of aliphatic carboxylic acids is 1. The summed E-state index contributed by atoms with van der Waals surface area (Å²) in [6.45, 7) is 2.65. The van der Waals surface area contributed by atoms with Crippen molar-refractivity contribution in [2.45, 2.75) is 109 Å². The third-order valence-corrected chi connectivity index (χ3v) is 5.00. The van der Waals surface area contributed by atoms with E-state index in [1.807, 2.05) is 21.1 Å². The van der Waals surface area contributed by atoms with Gasteiger partial charge in [0.15, 0.2) is 6.10 Å². The van der Waals surface area contributed by atoms with Gasteiger partial charge in [-0.05, 0) is 19.3 Å². The normalized spacial score (nSPS) is 13.8. The summed E-state index contributed by atoms with van der Waals surface area (Å²) in [4.78, 5) is 22.9. The van der Waals surface area contributed by atoms with E-state index < -0.39 is 12.1 Å². The first kappa shape index (κ1) is 27.9. The molecule has 2 atom stereocenters. The monoisotopic (exact) mass is 415 g/mol. The fraction of sp³-hybridized carbons (Fsp3) is 0.913. The van der Waals surface area contributed by atoms with Crippen molar-refractivity contribution >= 4 is 11.9 Å². The van der Waals surface area contributed by atoms with Gasteiger partial charge in [-0.1, -0.05) is 64.7 Å². The van der Waals surface area contributed by atoms with E-state index >= 15 is 0 Å². The Hall–Kier alpha value is -1.14. The van der Waals surface area contributed by atoms with Gasteiger partial charge in [0.05, 0.1) is 27.2 Å². The summed E-state index contributed by atoms with van der Waals surface area (Å²) >= 11 is 0. The largest absolute Gasteiger partial charge is 0.550 e. The Morgan fingerprint density at radius 3 is 1.93 bits per heavy atom. The molecule has 0 radical (unpaired) electrons. The molecule has 6 nitrogen and oxygen atoms in total. The molecule has 0 saturated carbocycles. The van der Waals surface area contributed by atoms with Crippen molar-refractivity contribution < 1.29 is 29.0 Å². The molecule has 0 aliphatic heterocycles. The molecule has 1 N–H and O–H groups in total. The number of carbonyl (C=O) groups excluding carboxylic acids is 2. The van der Waals surface area contributed by atoms with Crippen molar-refractivity contribution in [2.24, 2.45) is 0 Å². The number of hydrogen-bond acceptors (Lipinski definition) is 5. The second-order valence-corrected chi connectivity index (χ2v) is 9.32. The lowest BCUT2D eigenvalue weighted by Crippen LogP contribution is -2.45. The van der Waals surface area contributed by atoms with Crippen LogP contribution in [0.5, 0.6) is 0 Å². The number of ether oxygens (including phenoxy) is 1. The number of hydrogen-bond donors (Lipinski definition) is 1. The topological polar surface area (TPSA) is 86.7 Å². The number of aliphatic hydroxyl groups is 1. The average Bonchev–Trinajstić information content (AvgIpc) is 2.59. The second kappa shape index (κ2) is 16.6. The molecule has 6 heteroatoms. The van der Waals surface area contributed by atoms with E-state index in [0.717, 1.165) is 19.3 Å². The second-order valence-electron chi connectivity index (χ2n) is 9.32. The Bertz CT molecular complexity index is 433. The lowest BCUT2D eigenvalue weighted by Gasteiger charge is -2.29. The van der Waals surface area contributed by atoms with Crippen LogP contribution >= 0.6 is 0 Å². The zero-order valence-electron chi connectivity index (χ0n) is 19.3. The van der Waals surface area contributed by atoms with E-state index in [1.54, 1.807) is 0 Å². The summed E-state index contributed by atoms with van der Waals surface area (Å²) < 4.78 is 5.84. The van der Waals surface area contributed by atoms with Crippen LogP contribution in [0, 0.1) is 0 Å². The number of aliphatic hydroxyl groups excluding tert-OH is 1. The highest BCUT2D eigenvalue weighted by atomic mass is 16.5. The Morgan fingerprint density at radius 1 is 0.897 bits per heavy atom. The van der Waals surface area contributed by atoms with E-state index in [2.05, 4.69) is 6.92 Å². The molecule has 172 valence electrons. The first-order valence-corrected chi connectivity index (χ1v) is 11.5. The number of nitrogens with zero attached hydrogens (tertiary/aromatic N) is 1. The molecule has 2 unspecified atom stereocenters. The van der Waals surface area contributed by atoms with Crippen LogP contribution in [0.25, 0.3) is 0 Å². The third-order valence-electron chi connectivity index (χ3n) is 5.00. The molecular formula is C23H45NO5. The van der Waals surface area contributed by atoms with Gasteiger partial charge < -0.3 is 24.2 Å². The summed E-state index contributed by atoms with van der Waals surface area (Å²) in [5, 5.41) is 20.9. The van der Waals surface area contributed by atoms with Crippen LogP contribution in [0.15, 0.2) is 0 Å². The fourth-order valence-electron chi connectivity index (χ4n) is 3.49. The minimum absolute atomic E-state index is 0.255. The number of carbonyl (C=O) groups is 2. The summed E-state index contributed by atoms with van der Waals surface area (Å²) in [5.41, 5.74) is 0. The number of unbranched alkanes of at least 4 members (excludes halogenated alkanes) is 8. The predicted octanol–water partition coefficient (Wildman–Crippen LogP) is 3.20. The maximum atomic E-state index is 12.0. The van der Waals surface area contributed by atoms with Crippen LogP contribution < -0.4 is 5.11 Å². The van der Waals surface area contributed by atoms with Crippen LogP contribution in [0.1, 0.15) is 96.8 Å². The Morgan fingerprint density at radius 2 is 1.41 bits per heavy atom. The van der Waals surface area contributed by atoms with Crippen LogP contribution in [0.3, 0.4) is 0 Å². The van der Waals surface area contributed by atoms with E-state index in [9.17, 15) is 19.8 Å². The van der Waals surface area contributed by atoms with Gasteiger partial charge in [0.25, 0.3) is 0 Å². The molecule has 0 aliphatic carbocycles. The maximum absolute atomic E-state index is 12.0. The number of likely N-dealkylation sites (N-methyl/N-ethyl adjacent to an activating group) is 1. The van der Waals surface area contributed by atoms with Gasteiger partial charge in [-0.2, -0.15) is 0 Å². The highest BCUT2D eigenvalue weighted by Crippen LogP contribution is 2.14. The summed E-state index contributed by atoms with van der Waals surface area (Å²) in [7, 11) is 5.76. The smallest absolute Gasteiger partial charge is 0.306 e. The highest BCUT2D eigenvalue weighted by Gasteiger charge is 2.22. The number of quaternary nitrogens is 1. The van der Waals surface area contributed by atoms with Crippen LogP contribution in [-0.4, -0.2) is 61.4 Å². The SMILES string of the molecule is CCCCCCCCCCC(O)CCCCC(=O)OC(CC(=O)[O-])C[N+](C)(C)C. The van der Waals surface area contributed by atoms with Crippen molar-refractivity contribution in [3.8, 4) is 0 Å². The van der Waals surface area contributed by atoms with Crippen molar-refractivity contribution in [1.29, 1.82) is 0 Å². The molecule has 0 heterocycles. The first-order valence-electron chi connectivity index (χ1n) is 11.5. The number of esters is 1. The van der Waals surface area contributed by atoms with Gasteiger partial charge in [-0.25, -0.2) is 0 Å². The molecule has 0 amide bonds. The molecule has 0 saturated heterocycles. The molecule has 0 rings (SSSR count). The van der Waals surface area contributed by atoms with Gasteiger partial charge in [-0.15, -0.1) is 0 Å². The molecule has 0 aromatic heterocycles. The van der Waals surface area contributed by atoms with Crippen molar-refractivity contribution in [1.82, 2.24) is 0 Å². The molecule has 29 heavy (non-hydrogen) atoms. The van der Waals surface area contributed by atoms with Crippen molar-refractivity contribution in [3.05, 3.63) is 0 Å². The van der Waals surface area contributed by atoms with Crippen LogP contribution in [0.4, 0.5) is 0 Å². The van der Waals surface area contributed by atoms with Gasteiger partial charge >= 0.3 is 5.97 Å². The van der Waals surface area contributed by atoms with Gasteiger partial charge in [0, 0.05) is 18.8 Å². The minimum atomic E-state index is -1.21. The summed E-state index contributed by atoms with van der Waals surface area (Å²) in [6, 6.07) is 0. The van der Waals surface area contributed by atoms with E-state index in [1.165, 1.54) is 44.9 Å². The standard InChI is InChI=1S/C23H45NO5/c1-5-6-7-8-9-10-11-12-15-20(25)16-13-14-17-23(28)29-21(18-22(26)27)19-24(2,3)4/h20-21,25H,5-19H2,1-4H3. The zero-order valence-corrected chi connectivity index (χ0v) is 19.3. The Balaban J connectivity index is 3.80. The van der Waals surface area contributed by atoms with Crippen molar-refractivity contribution in [3.63, 3.8) is 0 Å². The summed E-state index contributed by atoms with van der Waals surface area (Å²) in [6.07, 6.45) is 12.0. The molecule has 0 fully saturated rings. The first-order chi connectivity index (χ1) is 13.6. The lowest BCUT2D eigenvalue weighted by atomic mass is 10.0. The van der Waals surface area contributed by atoms with E-state index in [0.29, 0.717) is 23.9 Å². The van der Waals surface area contributed by atoms with Gasteiger partial charge in [0.2, 0.25) is 0 Å². The zero-order chi connectivity index (χ0) is 22.1. The molecule has 0 aliphatic rings. The Kier molecular flexibility index (Phi) is 16.0. The number of rotatable bonds is 19. The molecule has 0 spiro atoms. The number of carboxylic acids is 1. The van der Waals surface area contributed by atoms with Crippen LogP contribution in [-0.2, 0) is 14.3 Å². The maximum Gasteiger partial charge on any atom is 0.306 e. The highest BCUT2D eigenvalue weighted by molar-refractivity contribution is 5.70. The van der Waals surface area contributed by atoms with E-state index in [-0.39, 0.29) is 24.9 Å². The minimum Gasteiger partial charge on any atom is -0.550 e. The summed E-state index contributed by atoms with van der Waals surface area (Å²) in [5.74, 6) is -1.58. The third kappa shape index (κ3) is 19.9. The molecular weight excluding hydrogens is 370 g/mol. The Labute approximate surface area is 178 Å². The lowest BCUT2D eigenvalue weighted by molar-refractivity contribution is -0.873. The van der Waals surface area contributed by atoms with Gasteiger partial charge in [0.1, 0.15) is 6.54 Å². The quantitative estimate of drug-likeness (QED) is 0.199. The van der Waals surface area contributed by atoms with Crippen LogP contribution in [0.2, 0.25) is 0 Å². The molecule has 0 bridgehead atoms. The molecule has 0 aromatic carbocycles. The molecule has 0 aromatic rings. The van der Waals surface area contributed by atoms with Crippen molar-refractivity contribution in [2.75, 3.05) is 27.7 Å². The average molecular weight is 416 g/mol.